The number of nitrogens with one attached hydrogen (secondary N) is 1. The van der Waals surface area contributed by atoms with Crippen molar-refractivity contribution in [2.24, 2.45) is 0 Å². The number of carbonyl (C=O) groups excluding carboxylic acids is 5. The SMILES string of the molecule is CC(=O)CCOCCOCCOCCNC(=O)CCC(C(=O)[O-])N1CCN(CC(=O)[O-])CCN(CC(=O)O)CCN(CC(=O)[O-])CC1. The van der Waals surface area contributed by atoms with Crippen molar-refractivity contribution in [2.75, 3.05) is 118 Å². The zero-order valence-corrected chi connectivity index (χ0v) is 27.1. The molecule has 1 rings (SSSR count). The third-order valence-corrected chi connectivity index (χ3v) is 7.20. The monoisotopic (exact) mass is 674 g/mol. The lowest BCUT2D eigenvalue weighted by Crippen LogP contribution is -2.55. The van der Waals surface area contributed by atoms with Crippen LogP contribution in [-0.4, -0.2) is 184 Å². The number of carboxylic acid groups (broad SMARTS) is 4. The van der Waals surface area contributed by atoms with E-state index in [0.717, 1.165) is 0 Å². The molecule has 1 atom stereocenters. The Labute approximate surface area is 274 Å². The molecular formula is C29H48N5O13-3. The van der Waals surface area contributed by atoms with Gasteiger partial charge in [-0.15, -0.1) is 0 Å². The van der Waals surface area contributed by atoms with Gasteiger partial charge < -0.3 is 54.3 Å². The van der Waals surface area contributed by atoms with Crippen molar-refractivity contribution in [3.8, 4) is 0 Å². The Morgan fingerprint density at radius 3 is 1.55 bits per heavy atom. The van der Waals surface area contributed by atoms with E-state index < -0.39 is 48.9 Å². The number of nitrogens with zero attached hydrogens (tertiary/aromatic N) is 4. The number of ether oxygens (including phenoxy) is 3. The first kappa shape index (κ1) is 41.8. The van der Waals surface area contributed by atoms with Crippen molar-refractivity contribution in [1.82, 2.24) is 24.9 Å². The molecule has 0 aromatic rings. The number of hydrogen-bond acceptors (Lipinski definition) is 16. The van der Waals surface area contributed by atoms with Crippen molar-refractivity contribution in [3.63, 3.8) is 0 Å². The molecule has 0 aliphatic carbocycles. The average molecular weight is 675 g/mol. The first-order valence-corrected chi connectivity index (χ1v) is 15.6. The molecule has 0 spiro atoms. The molecule has 1 saturated heterocycles. The highest BCUT2D eigenvalue weighted by molar-refractivity contribution is 5.78. The molecule has 0 aromatic carbocycles. The summed E-state index contributed by atoms with van der Waals surface area (Å²) >= 11 is 0. The van der Waals surface area contributed by atoms with Gasteiger partial charge in [-0.2, -0.15) is 0 Å². The maximum Gasteiger partial charge on any atom is 0.317 e. The fraction of sp³-hybridized carbons (Fsp3) is 0.793. The Balaban J connectivity index is 2.66. The summed E-state index contributed by atoms with van der Waals surface area (Å²) in [6.07, 6.45) is 0.0813. The van der Waals surface area contributed by atoms with Crippen LogP contribution >= 0.6 is 0 Å². The van der Waals surface area contributed by atoms with E-state index in [1.54, 1.807) is 4.90 Å². The van der Waals surface area contributed by atoms with Crippen LogP contribution in [0.4, 0.5) is 0 Å². The third kappa shape index (κ3) is 22.0. The molecule has 1 aliphatic heterocycles. The van der Waals surface area contributed by atoms with Gasteiger partial charge in [0.2, 0.25) is 5.91 Å². The van der Waals surface area contributed by atoms with E-state index in [4.69, 9.17) is 14.2 Å². The predicted octanol–water partition coefficient (Wildman–Crippen LogP) is -6.16. The number of aliphatic carboxylic acids is 4. The van der Waals surface area contributed by atoms with Crippen LogP contribution in [0.2, 0.25) is 0 Å². The van der Waals surface area contributed by atoms with Gasteiger partial charge in [0.25, 0.3) is 0 Å². The van der Waals surface area contributed by atoms with E-state index in [1.807, 2.05) is 0 Å². The molecule has 1 fully saturated rings. The van der Waals surface area contributed by atoms with Crippen LogP contribution in [0.5, 0.6) is 0 Å². The number of rotatable bonds is 23. The quantitative estimate of drug-likeness (QED) is 0.0957. The zero-order valence-electron chi connectivity index (χ0n) is 27.1. The Morgan fingerprint density at radius 2 is 1.11 bits per heavy atom. The lowest BCUT2D eigenvalue weighted by Gasteiger charge is -2.37. The fourth-order valence-corrected chi connectivity index (χ4v) is 4.72. The zero-order chi connectivity index (χ0) is 35.0. The van der Waals surface area contributed by atoms with E-state index in [-0.39, 0.29) is 97.3 Å². The van der Waals surface area contributed by atoms with Gasteiger partial charge in [0.1, 0.15) is 5.78 Å². The van der Waals surface area contributed by atoms with Crippen LogP contribution in [0.1, 0.15) is 26.2 Å². The molecule has 18 heteroatoms. The van der Waals surface area contributed by atoms with Crippen LogP contribution in [0, 0.1) is 0 Å². The Kier molecular flexibility index (Phi) is 22.1. The number of Topliss-reactive ketones (excluding diaryl/α,β-unsaturated/α-hetero) is 1. The van der Waals surface area contributed by atoms with Gasteiger partial charge in [-0.1, -0.05) is 0 Å². The molecule has 1 heterocycles. The molecule has 47 heavy (non-hydrogen) atoms. The van der Waals surface area contributed by atoms with E-state index in [1.165, 1.54) is 21.6 Å². The van der Waals surface area contributed by atoms with Crippen LogP contribution in [0.3, 0.4) is 0 Å². The van der Waals surface area contributed by atoms with Gasteiger partial charge in [0.15, 0.2) is 0 Å². The molecule has 18 nitrogen and oxygen atoms in total. The second-order valence-electron chi connectivity index (χ2n) is 11.0. The molecule has 0 radical (unpaired) electrons. The highest BCUT2D eigenvalue weighted by atomic mass is 16.5. The standard InChI is InChI=1S/C29H51N5O13/c1-23(35)4-14-45-16-18-47-19-17-46-15-5-30-25(36)3-2-24(29(43)44)34-12-10-32(21-27(39)40)8-6-31(20-26(37)38)7-9-33(11-13-34)22-28(41)42/h24H,2-22H2,1H3,(H,30,36)(H,37,38)(H,39,40)(H,41,42)(H,43,44)/p-3. The van der Waals surface area contributed by atoms with Crippen LogP contribution < -0.4 is 20.6 Å². The van der Waals surface area contributed by atoms with Crippen LogP contribution in [0.15, 0.2) is 0 Å². The molecule has 270 valence electrons. The molecule has 0 aromatic heterocycles. The highest BCUT2D eigenvalue weighted by Gasteiger charge is 2.24. The highest BCUT2D eigenvalue weighted by Crippen LogP contribution is 2.10. The normalized spacial score (nSPS) is 16.9. The smallest absolute Gasteiger partial charge is 0.317 e. The molecule has 0 saturated carbocycles. The van der Waals surface area contributed by atoms with Crippen molar-refractivity contribution < 1.29 is 63.4 Å². The summed E-state index contributed by atoms with van der Waals surface area (Å²) in [7, 11) is 0. The minimum atomic E-state index is -1.44. The third-order valence-electron chi connectivity index (χ3n) is 7.20. The molecule has 1 amide bonds. The number of carbonyl (C=O) groups is 6. The molecular weight excluding hydrogens is 626 g/mol. The molecule has 1 aliphatic rings. The van der Waals surface area contributed by atoms with E-state index in [9.17, 15) is 49.2 Å². The summed E-state index contributed by atoms with van der Waals surface area (Å²) < 4.78 is 16.0. The summed E-state index contributed by atoms with van der Waals surface area (Å²) in [5.41, 5.74) is 0. The summed E-state index contributed by atoms with van der Waals surface area (Å²) in [5, 5.41) is 46.8. The fourth-order valence-electron chi connectivity index (χ4n) is 4.72. The first-order valence-electron chi connectivity index (χ1n) is 15.6. The minimum absolute atomic E-state index is 0.0477. The van der Waals surface area contributed by atoms with E-state index >= 15 is 0 Å². The minimum Gasteiger partial charge on any atom is -0.549 e. The number of amides is 1. The predicted molar refractivity (Wildman–Crippen MR) is 157 cm³/mol. The largest absolute Gasteiger partial charge is 0.549 e. The maximum atomic E-state index is 12.5. The van der Waals surface area contributed by atoms with Crippen molar-refractivity contribution in [3.05, 3.63) is 0 Å². The summed E-state index contributed by atoms with van der Waals surface area (Å²) in [4.78, 5) is 75.6. The number of hydrogen-bond donors (Lipinski definition) is 2. The van der Waals surface area contributed by atoms with Gasteiger partial charge >= 0.3 is 5.97 Å². The van der Waals surface area contributed by atoms with Gasteiger partial charge in [0.05, 0.1) is 64.1 Å². The van der Waals surface area contributed by atoms with Gasteiger partial charge in [-0.25, -0.2) is 0 Å². The number of ketones is 1. The Morgan fingerprint density at radius 1 is 0.660 bits per heavy atom. The Hall–Kier alpha value is -3.26. The summed E-state index contributed by atoms with van der Waals surface area (Å²) in [5.74, 6) is -5.61. The van der Waals surface area contributed by atoms with E-state index in [0.29, 0.717) is 32.8 Å². The number of carboxylic acids is 4. The second-order valence-corrected chi connectivity index (χ2v) is 11.0. The van der Waals surface area contributed by atoms with E-state index in [2.05, 4.69) is 5.32 Å². The lowest BCUT2D eigenvalue weighted by molar-refractivity contribution is -0.313. The second kappa shape index (κ2) is 24.9. The van der Waals surface area contributed by atoms with Crippen molar-refractivity contribution in [1.29, 1.82) is 0 Å². The lowest BCUT2D eigenvalue weighted by atomic mass is 10.1. The molecule has 2 N–H and O–H groups in total. The van der Waals surface area contributed by atoms with Gasteiger partial charge in [-0.05, 0) is 13.3 Å². The van der Waals surface area contributed by atoms with Gasteiger partial charge in [0, 0.05) is 90.9 Å². The van der Waals surface area contributed by atoms with Crippen LogP contribution in [-0.2, 0) is 43.0 Å². The van der Waals surface area contributed by atoms with Gasteiger partial charge in [-0.3, -0.25) is 34.0 Å². The van der Waals surface area contributed by atoms with Crippen LogP contribution in [0.25, 0.3) is 0 Å². The topological polar surface area (TPSA) is 245 Å². The average Bonchev–Trinajstić information content (AvgIpc) is 2.97. The maximum absolute atomic E-state index is 12.5. The first-order chi connectivity index (χ1) is 22.4. The molecule has 0 bridgehead atoms. The molecule has 1 unspecified atom stereocenters. The Bertz CT molecular complexity index is 954. The van der Waals surface area contributed by atoms with Crippen molar-refractivity contribution in [2.45, 2.75) is 32.2 Å². The summed E-state index contributed by atoms with van der Waals surface area (Å²) in [6, 6.07) is -1.23. The van der Waals surface area contributed by atoms with Crippen molar-refractivity contribution >= 4 is 35.6 Å². The summed E-state index contributed by atoms with van der Waals surface area (Å²) in [6.45, 7) is 3.13.